The quantitative estimate of drug-likeness (QED) is 0.770. The van der Waals surface area contributed by atoms with Crippen LogP contribution in [0.3, 0.4) is 0 Å². The Hall–Kier alpha value is -0.870. The lowest BCUT2D eigenvalue weighted by atomic mass is 10.2. The van der Waals surface area contributed by atoms with Crippen LogP contribution in [0.4, 0.5) is 0 Å². The fourth-order valence-corrected chi connectivity index (χ4v) is 1.96. The van der Waals surface area contributed by atoms with Crippen LogP contribution in [-0.2, 0) is 13.6 Å². The summed E-state index contributed by atoms with van der Waals surface area (Å²) in [4.78, 5) is 2.28. The van der Waals surface area contributed by atoms with E-state index in [4.69, 9.17) is 5.73 Å². The van der Waals surface area contributed by atoms with Gasteiger partial charge in [0.05, 0.1) is 6.20 Å². The summed E-state index contributed by atoms with van der Waals surface area (Å²) < 4.78 is 1.84. The molecule has 2 rings (SSSR count). The van der Waals surface area contributed by atoms with E-state index in [1.807, 2.05) is 17.9 Å². The van der Waals surface area contributed by atoms with Gasteiger partial charge >= 0.3 is 0 Å². The smallest absolute Gasteiger partial charge is 0.0534 e. The molecule has 1 aromatic rings. The molecule has 1 heterocycles. The van der Waals surface area contributed by atoms with Crippen molar-refractivity contribution < 1.29 is 0 Å². The number of likely N-dealkylation sites (N-methyl/N-ethyl adjacent to an activating group) is 1. The second kappa shape index (κ2) is 4.33. The average Bonchev–Trinajstić information content (AvgIpc) is 2.92. The maximum absolute atomic E-state index is 6.08. The normalized spacial score (nSPS) is 18.4. The fourth-order valence-electron chi connectivity index (χ4n) is 1.96. The molecule has 0 radical (unpaired) electrons. The van der Waals surface area contributed by atoms with Gasteiger partial charge in [0, 0.05) is 37.9 Å². The van der Waals surface area contributed by atoms with Crippen LogP contribution in [0, 0.1) is 5.92 Å². The number of aryl methyl sites for hydroxylation is 1. The van der Waals surface area contributed by atoms with Crippen LogP contribution >= 0.6 is 0 Å². The second-order valence-corrected chi connectivity index (χ2v) is 4.72. The van der Waals surface area contributed by atoms with Gasteiger partial charge in [0.25, 0.3) is 0 Å². The first kappa shape index (κ1) is 10.6. The van der Waals surface area contributed by atoms with Gasteiger partial charge in [-0.3, -0.25) is 4.68 Å². The van der Waals surface area contributed by atoms with Gasteiger partial charge in [-0.25, -0.2) is 0 Å². The lowest BCUT2D eigenvalue weighted by molar-refractivity contribution is 0.292. The lowest BCUT2D eigenvalue weighted by Gasteiger charge is -2.20. The minimum absolute atomic E-state index is 0.353. The first-order chi connectivity index (χ1) is 7.15. The molecule has 1 atom stereocenters. The number of nitrogens with zero attached hydrogens (tertiary/aromatic N) is 3. The Morgan fingerprint density at radius 1 is 1.67 bits per heavy atom. The summed E-state index contributed by atoms with van der Waals surface area (Å²) in [6.07, 6.45) is 6.61. The Morgan fingerprint density at radius 3 is 2.93 bits per heavy atom. The highest BCUT2D eigenvalue weighted by Crippen LogP contribution is 2.31. The first-order valence-corrected chi connectivity index (χ1v) is 5.57. The zero-order valence-corrected chi connectivity index (χ0v) is 9.56. The van der Waals surface area contributed by atoms with E-state index >= 15 is 0 Å². The molecule has 1 aliphatic carbocycles. The highest BCUT2D eigenvalue weighted by atomic mass is 15.2. The SMILES string of the molecule is CN(Cc1cnn(C)c1)CC(N)C1CC1. The predicted molar refractivity (Wildman–Crippen MR) is 60.2 cm³/mol. The minimum atomic E-state index is 0.353. The zero-order valence-electron chi connectivity index (χ0n) is 9.56. The van der Waals surface area contributed by atoms with Crippen molar-refractivity contribution in [3.63, 3.8) is 0 Å². The summed E-state index contributed by atoms with van der Waals surface area (Å²) in [5.41, 5.74) is 7.33. The molecule has 0 amide bonds. The molecule has 1 aliphatic rings. The van der Waals surface area contributed by atoms with Gasteiger partial charge in [0.1, 0.15) is 0 Å². The molecule has 1 aromatic heterocycles. The van der Waals surface area contributed by atoms with E-state index in [0.29, 0.717) is 6.04 Å². The third-order valence-corrected chi connectivity index (χ3v) is 2.96. The largest absolute Gasteiger partial charge is 0.326 e. The monoisotopic (exact) mass is 208 g/mol. The Balaban J connectivity index is 1.78. The summed E-state index contributed by atoms with van der Waals surface area (Å²) in [6.45, 7) is 1.92. The van der Waals surface area contributed by atoms with Gasteiger partial charge in [-0.05, 0) is 25.8 Å². The Kier molecular flexibility index (Phi) is 3.07. The molecule has 1 saturated carbocycles. The predicted octanol–water partition coefficient (Wildman–Crippen LogP) is 0.589. The average molecular weight is 208 g/mol. The topological polar surface area (TPSA) is 47.1 Å². The van der Waals surface area contributed by atoms with E-state index in [2.05, 4.69) is 23.2 Å². The summed E-state index contributed by atoms with van der Waals surface area (Å²) in [5.74, 6) is 0.779. The van der Waals surface area contributed by atoms with Crippen molar-refractivity contribution in [3.05, 3.63) is 18.0 Å². The van der Waals surface area contributed by atoms with Crippen molar-refractivity contribution in [2.24, 2.45) is 18.7 Å². The van der Waals surface area contributed by atoms with Gasteiger partial charge < -0.3 is 10.6 Å². The third-order valence-electron chi connectivity index (χ3n) is 2.96. The molecule has 0 aromatic carbocycles. The fraction of sp³-hybridized carbons (Fsp3) is 0.727. The van der Waals surface area contributed by atoms with Crippen LogP contribution < -0.4 is 5.73 Å². The van der Waals surface area contributed by atoms with Gasteiger partial charge in [-0.2, -0.15) is 5.10 Å². The van der Waals surface area contributed by atoms with Gasteiger partial charge in [0.15, 0.2) is 0 Å². The molecule has 84 valence electrons. The summed E-state index contributed by atoms with van der Waals surface area (Å²) >= 11 is 0. The Morgan fingerprint density at radius 2 is 2.40 bits per heavy atom. The molecule has 1 fully saturated rings. The van der Waals surface area contributed by atoms with Crippen LogP contribution in [0.15, 0.2) is 12.4 Å². The molecular formula is C11H20N4. The zero-order chi connectivity index (χ0) is 10.8. The Labute approximate surface area is 91.1 Å². The van der Waals surface area contributed by atoms with E-state index < -0.39 is 0 Å². The number of aromatic nitrogens is 2. The number of rotatable bonds is 5. The van der Waals surface area contributed by atoms with E-state index in [1.54, 1.807) is 0 Å². The molecule has 4 nitrogen and oxygen atoms in total. The standard InChI is InChI=1S/C11H20N4/c1-14(8-11(12)10-3-4-10)6-9-5-13-15(2)7-9/h5,7,10-11H,3-4,6,8,12H2,1-2H3. The highest BCUT2D eigenvalue weighted by molar-refractivity contribution is 5.03. The van der Waals surface area contributed by atoms with Crippen molar-refractivity contribution in [3.8, 4) is 0 Å². The third kappa shape index (κ3) is 3.04. The summed E-state index contributed by atoms with van der Waals surface area (Å²) in [6, 6.07) is 0.353. The maximum atomic E-state index is 6.08. The number of nitrogens with two attached hydrogens (primary N) is 1. The highest BCUT2D eigenvalue weighted by Gasteiger charge is 2.28. The summed E-state index contributed by atoms with van der Waals surface area (Å²) in [5, 5.41) is 4.16. The van der Waals surface area contributed by atoms with Crippen LogP contribution in [0.5, 0.6) is 0 Å². The summed E-state index contributed by atoms with van der Waals surface area (Å²) in [7, 11) is 4.06. The molecule has 0 aliphatic heterocycles. The van der Waals surface area contributed by atoms with Crippen LogP contribution in [0.1, 0.15) is 18.4 Å². The number of hydrogen-bond donors (Lipinski definition) is 1. The molecule has 0 spiro atoms. The van der Waals surface area contributed by atoms with Crippen molar-refractivity contribution in [1.82, 2.24) is 14.7 Å². The van der Waals surface area contributed by atoms with Gasteiger partial charge in [-0.15, -0.1) is 0 Å². The van der Waals surface area contributed by atoms with E-state index in [0.717, 1.165) is 19.0 Å². The molecule has 0 saturated heterocycles. The van der Waals surface area contributed by atoms with E-state index in [1.165, 1.54) is 18.4 Å². The van der Waals surface area contributed by atoms with E-state index in [9.17, 15) is 0 Å². The second-order valence-electron chi connectivity index (χ2n) is 4.72. The molecule has 15 heavy (non-hydrogen) atoms. The van der Waals surface area contributed by atoms with Gasteiger partial charge in [-0.1, -0.05) is 0 Å². The minimum Gasteiger partial charge on any atom is -0.326 e. The first-order valence-electron chi connectivity index (χ1n) is 5.57. The van der Waals surface area contributed by atoms with Crippen molar-refractivity contribution in [1.29, 1.82) is 0 Å². The maximum Gasteiger partial charge on any atom is 0.0534 e. The van der Waals surface area contributed by atoms with Crippen molar-refractivity contribution >= 4 is 0 Å². The number of hydrogen-bond acceptors (Lipinski definition) is 3. The van der Waals surface area contributed by atoms with Crippen molar-refractivity contribution in [2.45, 2.75) is 25.4 Å². The van der Waals surface area contributed by atoms with Crippen LogP contribution in [-0.4, -0.2) is 34.3 Å². The van der Waals surface area contributed by atoms with Crippen molar-refractivity contribution in [2.75, 3.05) is 13.6 Å². The molecule has 0 bridgehead atoms. The van der Waals surface area contributed by atoms with E-state index in [-0.39, 0.29) is 0 Å². The molecular weight excluding hydrogens is 188 g/mol. The van der Waals surface area contributed by atoms with Crippen LogP contribution in [0.25, 0.3) is 0 Å². The Bertz CT molecular complexity index is 316. The van der Waals surface area contributed by atoms with Gasteiger partial charge in [0.2, 0.25) is 0 Å². The lowest BCUT2D eigenvalue weighted by Crippen LogP contribution is -2.36. The molecule has 4 heteroatoms. The van der Waals surface area contributed by atoms with Crippen LogP contribution in [0.2, 0.25) is 0 Å². The molecule has 2 N–H and O–H groups in total. The molecule has 1 unspecified atom stereocenters.